The molecule has 0 aromatic heterocycles. The molecule has 7 heteroatoms. The normalized spacial score (nSPS) is 11.2. The molecule has 0 spiro atoms. The summed E-state index contributed by atoms with van der Waals surface area (Å²) in [6, 6.07) is 0. The highest BCUT2D eigenvalue weighted by Crippen LogP contribution is 2.11. The molecule has 0 heterocycles. The second-order valence-corrected chi connectivity index (χ2v) is 5.01. The zero-order valence-electron chi connectivity index (χ0n) is 9.11. The van der Waals surface area contributed by atoms with Gasteiger partial charge in [0.25, 0.3) is 0 Å². The first-order chi connectivity index (χ1) is 7.05. The van der Waals surface area contributed by atoms with Crippen molar-refractivity contribution in [3.05, 3.63) is 12.2 Å². The van der Waals surface area contributed by atoms with Gasteiger partial charge in [0.05, 0.1) is 0 Å². The van der Waals surface area contributed by atoms with Crippen LogP contribution in [0.2, 0.25) is 0 Å². The Bertz CT molecular complexity index is 217. The Kier molecular flexibility index (Phi) is 6.37. The van der Waals surface area contributed by atoms with Crippen LogP contribution >= 0.6 is 0 Å². The molecule has 0 aliphatic carbocycles. The van der Waals surface area contributed by atoms with E-state index in [4.69, 9.17) is 22.8 Å². The zero-order valence-corrected chi connectivity index (χ0v) is 10.1. The number of hydrogen-bond donors (Lipinski definition) is 1. The van der Waals surface area contributed by atoms with Crippen LogP contribution < -0.4 is 0 Å². The van der Waals surface area contributed by atoms with E-state index >= 15 is 0 Å². The van der Waals surface area contributed by atoms with Crippen molar-refractivity contribution < 1.29 is 27.6 Å². The molecule has 0 amide bonds. The monoisotopic (exact) mass is 236 g/mol. The smallest absolute Gasteiger partial charge is 0.448 e. The third-order valence-corrected chi connectivity index (χ3v) is 3.61. The van der Waals surface area contributed by atoms with Gasteiger partial charge in [0.1, 0.15) is 0 Å². The number of carbonyl (C=O) groups is 1. The number of rotatable bonds is 7. The molecule has 0 aromatic carbocycles. The van der Waals surface area contributed by atoms with Crippen LogP contribution in [0.1, 0.15) is 6.42 Å². The maximum atomic E-state index is 11.4. The fraction of sp³-hybridized carbons (Fsp3) is 0.625. The van der Waals surface area contributed by atoms with Crippen LogP contribution in [0.3, 0.4) is 0 Å². The van der Waals surface area contributed by atoms with Crippen LogP contribution in [-0.4, -0.2) is 48.1 Å². The molecular weight excluding hydrogens is 220 g/mol. The number of carbonyl (C=O) groups excluding carboxylic acids is 1. The number of aliphatic hydroxyl groups excluding tert-OH is 1. The van der Waals surface area contributed by atoms with E-state index in [-0.39, 0.29) is 18.6 Å². The van der Waals surface area contributed by atoms with Crippen molar-refractivity contribution >= 4 is 15.0 Å². The molecule has 0 atom stereocenters. The van der Waals surface area contributed by atoms with Crippen LogP contribution in [0.25, 0.3) is 0 Å². The lowest BCUT2D eigenvalue weighted by molar-refractivity contribution is -0.138. The lowest BCUT2D eigenvalue weighted by Gasteiger charge is -2.22. The van der Waals surface area contributed by atoms with Gasteiger partial charge in [-0.05, 0) is 0 Å². The fourth-order valence-electron chi connectivity index (χ4n) is 0.798. The van der Waals surface area contributed by atoms with Crippen LogP contribution in [-0.2, 0) is 22.5 Å². The third-order valence-electron chi connectivity index (χ3n) is 1.67. The minimum atomic E-state index is -3.36. The topological polar surface area (TPSA) is 74.2 Å². The molecule has 15 heavy (non-hydrogen) atoms. The maximum absolute atomic E-state index is 11.4. The predicted octanol–water partition coefficient (Wildman–Crippen LogP) is -0.157. The highest BCUT2D eigenvalue weighted by Gasteiger charge is 2.47. The summed E-state index contributed by atoms with van der Waals surface area (Å²) >= 11 is 0. The van der Waals surface area contributed by atoms with Gasteiger partial charge in [-0.3, -0.25) is 0 Å². The highest BCUT2D eigenvalue weighted by molar-refractivity contribution is 6.55. The summed E-state index contributed by atoms with van der Waals surface area (Å²) in [5.74, 6) is -0.693. The van der Waals surface area contributed by atoms with Gasteiger partial charge in [0, 0.05) is 39.9 Å². The Morgan fingerprint density at radius 2 is 1.73 bits per heavy atom. The standard InChI is InChI=1S/C8H16O6Si/c1-7(5-6-9)8(10)14-15(11-2,12-3)13-4/h9H,1,5-6H2,2-4H3. The average molecular weight is 236 g/mol. The van der Waals surface area contributed by atoms with E-state index in [1.807, 2.05) is 0 Å². The van der Waals surface area contributed by atoms with E-state index in [1.165, 1.54) is 21.3 Å². The van der Waals surface area contributed by atoms with Crippen LogP contribution in [0.15, 0.2) is 12.2 Å². The van der Waals surface area contributed by atoms with Crippen molar-refractivity contribution in [1.29, 1.82) is 0 Å². The van der Waals surface area contributed by atoms with Crippen molar-refractivity contribution in [1.82, 2.24) is 0 Å². The predicted molar refractivity (Wildman–Crippen MR) is 53.7 cm³/mol. The molecule has 0 rings (SSSR count). The molecule has 0 fully saturated rings. The Hall–Kier alpha value is -0.733. The van der Waals surface area contributed by atoms with Gasteiger partial charge in [-0.1, -0.05) is 6.58 Å². The minimum absolute atomic E-state index is 0.139. The molecular formula is C8H16O6Si. The first-order valence-electron chi connectivity index (χ1n) is 4.22. The molecule has 88 valence electrons. The van der Waals surface area contributed by atoms with Crippen molar-refractivity contribution in [3.8, 4) is 0 Å². The molecule has 0 unspecified atom stereocenters. The van der Waals surface area contributed by atoms with Gasteiger partial charge < -0.3 is 22.8 Å². The second-order valence-electron chi connectivity index (χ2n) is 2.58. The fourth-order valence-corrected chi connectivity index (χ4v) is 1.92. The Morgan fingerprint density at radius 1 is 1.27 bits per heavy atom. The summed E-state index contributed by atoms with van der Waals surface area (Å²) in [6.07, 6.45) is 0.139. The molecule has 0 aliphatic heterocycles. The summed E-state index contributed by atoms with van der Waals surface area (Å²) in [7, 11) is 0.598. The molecule has 6 nitrogen and oxygen atoms in total. The van der Waals surface area contributed by atoms with Gasteiger partial charge in [0.2, 0.25) is 0 Å². The van der Waals surface area contributed by atoms with E-state index in [1.54, 1.807) is 0 Å². The lowest BCUT2D eigenvalue weighted by atomic mass is 10.2. The highest BCUT2D eigenvalue weighted by atomic mass is 28.4. The van der Waals surface area contributed by atoms with Crippen LogP contribution in [0.5, 0.6) is 0 Å². The quantitative estimate of drug-likeness (QED) is 0.489. The molecule has 0 saturated carbocycles. The van der Waals surface area contributed by atoms with Crippen molar-refractivity contribution in [2.75, 3.05) is 27.9 Å². The first-order valence-corrected chi connectivity index (χ1v) is 5.86. The van der Waals surface area contributed by atoms with Gasteiger partial charge in [0.15, 0.2) is 0 Å². The minimum Gasteiger partial charge on any atom is -0.448 e. The largest absolute Gasteiger partial charge is 0.751 e. The van der Waals surface area contributed by atoms with Gasteiger partial charge in [-0.25, -0.2) is 4.79 Å². The van der Waals surface area contributed by atoms with E-state index in [9.17, 15) is 4.79 Å². The average Bonchev–Trinajstić information content (AvgIpc) is 2.26. The summed E-state index contributed by atoms with van der Waals surface area (Å²) in [4.78, 5) is 11.4. The van der Waals surface area contributed by atoms with Crippen LogP contribution in [0.4, 0.5) is 0 Å². The zero-order chi connectivity index (χ0) is 11.9. The van der Waals surface area contributed by atoms with Crippen LogP contribution in [0, 0.1) is 0 Å². The Labute approximate surface area is 89.9 Å². The summed E-state index contributed by atoms with van der Waals surface area (Å²) in [5.41, 5.74) is 0.139. The number of aliphatic hydroxyl groups is 1. The molecule has 0 aliphatic rings. The van der Waals surface area contributed by atoms with E-state index < -0.39 is 15.0 Å². The molecule has 0 bridgehead atoms. The third kappa shape index (κ3) is 4.10. The lowest BCUT2D eigenvalue weighted by Crippen LogP contribution is -2.48. The maximum Gasteiger partial charge on any atom is 0.751 e. The van der Waals surface area contributed by atoms with Crippen molar-refractivity contribution in [3.63, 3.8) is 0 Å². The summed E-state index contributed by atoms with van der Waals surface area (Å²) in [6.45, 7) is 3.28. The molecule has 0 aromatic rings. The SMILES string of the molecule is C=C(CCO)C(=O)O[Si](OC)(OC)OC. The summed E-state index contributed by atoms with van der Waals surface area (Å²) < 4.78 is 19.6. The Morgan fingerprint density at radius 3 is 2.07 bits per heavy atom. The van der Waals surface area contributed by atoms with Gasteiger partial charge in [-0.2, -0.15) is 0 Å². The number of hydrogen-bond acceptors (Lipinski definition) is 6. The molecule has 1 N–H and O–H groups in total. The van der Waals surface area contributed by atoms with Crippen molar-refractivity contribution in [2.45, 2.75) is 6.42 Å². The second kappa shape index (κ2) is 6.70. The van der Waals surface area contributed by atoms with E-state index in [0.29, 0.717) is 0 Å². The van der Waals surface area contributed by atoms with Crippen molar-refractivity contribution in [2.24, 2.45) is 0 Å². The molecule has 0 saturated heterocycles. The van der Waals surface area contributed by atoms with Gasteiger partial charge in [-0.15, -0.1) is 0 Å². The molecule has 0 radical (unpaired) electrons. The van der Waals surface area contributed by atoms with E-state index in [2.05, 4.69) is 6.58 Å². The van der Waals surface area contributed by atoms with E-state index in [0.717, 1.165) is 0 Å². The summed E-state index contributed by atoms with van der Waals surface area (Å²) in [5, 5.41) is 8.60. The van der Waals surface area contributed by atoms with Gasteiger partial charge >= 0.3 is 15.0 Å². The first kappa shape index (κ1) is 14.3. The Balaban J connectivity index is 4.41.